The zero-order chi connectivity index (χ0) is 22.9. The molecular formula is C25H19FN4O3. The van der Waals surface area contributed by atoms with Crippen molar-refractivity contribution in [2.75, 3.05) is 10.2 Å². The van der Waals surface area contributed by atoms with E-state index in [2.05, 4.69) is 15.3 Å². The smallest absolute Gasteiger partial charge is 0.255 e. The molecule has 5 rings (SSSR count). The van der Waals surface area contributed by atoms with Crippen LogP contribution in [0.15, 0.2) is 66.7 Å². The summed E-state index contributed by atoms with van der Waals surface area (Å²) in [4.78, 5) is 45.2. The number of hydrogen-bond acceptors (Lipinski definition) is 4. The van der Waals surface area contributed by atoms with E-state index < -0.39 is 0 Å². The Morgan fingerprint density at radius 2 is 1.73 bits per heavy atom. The first-order valence-corrected chi connectivity index (χ1v) is 10.5. The fraction of sp³-hybridized carbons (Fsp3) is 0.120. The van der Waals surface area contributed by atoms with Gasteiger partial charge in [-0.25, -0.2) is 9.37 Å². The first kappa shape index (κ1) is 20.6. The van der Waals surface area contributed by atoms with Gasteiger partial charge in [0.1, 0.15) is 11.6 Å². The summed E-state index contributed by atoms with van der Waals surface area (Å²) < 4.78 is 13.9. The van der Waals surface area contributed by atoms with Crippen LogP contribution in [-0.2, 0) is 16.0 Å². The minimum absolute atomic E-state index is 0.207. The maximum Gasteiger partial charge on any atom is 0.255 e. The largest absolute Gasteiger partial charge is 0.342 e. The Morgan fingerprint density at radius 3 is 2.45 bits per heavy atom. The summed E-state index contributed by atoms with van der Waals surface area (Å²) in [6.45, 7) is 0. The molecule has 1 aliphatic rings. The lowest BCUT2D eigenvalue weighted by Gasteiger charge is -2.14. The third-order valence-electron chi connectivity index (χ3n) is 5.54. The number of H-pyrrole nitrogens is 1. The molecule has 8 heteroatoms. The normalized spacial score (nSPS) is 13.7. The number of fused-ring (bicyclic) bond motifs is 1. The molecule has 1 aliphatic heterocycles. The minimum atomic E-state index is -0.328. The third kappa shape index (κ3) is 4.10. The minimum Gasteiger partial charge on any atom is -0.342 e. The number of carbonyl (C=O) groups is 3. The number of nitrogens with zero attached hydrogens (tertiary/aromatic N) is 2. The number of hydrogen-bond donors (Lipinski definition) is 2. The fourth-order valence-corrected chi connectivity index (χ4v) is 3.88. The number of aromatic amines is 1. The van der Waals surface area contributed by atoms with Crippen LogP contribution in [0.25, 0.3) is 11.0 Å². The highest BCUT2D eigenvalue weighted by Gasteiger charge is 2.30. The van der Waals surface area contributed by atoms with Gasteiger partial charge in [-0.2, -0.15) is 0 Å². The maximum absolute atomic E-state index is 13.9. The van der Waals surface area contributed by atoms with E-state index in [1.54, 1.807) is 60.7 Å². The van der Waals surface area contributed by atoms with Crippen LogP contribution in [0.5, 0.6) is 0 Å². The number of aromatic nitrogens is 2. The van der Waals surface area contributed by atoms with Crippen LogP contribution in [0.3, 0.4) is 0 Å². The summed E-state index contributed by atoms with van der Waals surface area (Å²) in [5, 5.41) is 2.83. The Bertz CT molecular complexity index is 1380. The van der Waals surface area contributed by atoms with E-state index in [-0.39, 0.29) is 36.4 Å². The molecule has 0 bridgehead atoms. The van der Waals surface area contributed by atoms with Gasteiger partial charge in [-0.3, -0.25) is 19.3 Å². The number of imide groups is 1. The average molecular weight is 442 g/mol. The van der Waals surface area contributed by atoms with Crippen LogP contribution in [0.2, 0.25) is 0 Å². The SMILES string of the molecule is O=C(Nc1ccc2nc(Cc3ccccc3F)[nH]c2c1)c1ccc(N2C(=O)CCC2=O)cc1. The molecule has 0 unspecified atom stereocenters. The van der Waals surface area contributed by atoms with E-state index in [1.807, 2.05) is 0 Å². The number of rotatable bonds is 5. The zero-order valence-corrected chi connectivity index (χ0v) is 17.5. The van der Waals surface area contributed by atoms with Crippen LogP contribution in [0.4, 0.5) is 15.8 Å². The summed E-state index contributed by atoms with van der Waals surface area (Å²) in [5.41, 5.74) is 3.40. The predicted molar refractivity (Wildman–Crippen MR) is 121 cm³/mol. The summed E-state index contributed by atoms with van der Waals surface area (Å²) in [5.74, 6) is -0.458. The van der Waals surface area contributed by atoms with Crippen molar-refractivity contribution in [2.45, 2.75) is 19.3 Å². The number of nitrogens with one attached hydrogen (secondary N) is 2. The number of amides is 3. The van der Waals surface area contributed by atoms with E-state index in [4.69, 9.17) is 0 Å². The van der Waals surface area contributed by atoms with Crippen molar-refractivity contribution >= 4 is 40.1 Å². The van der Waals surface area contributed by atoms with Crippen molar-refractivity contribution in [3.05, 3.63) is 89.5 Å². The second kappa shape index (κ2) is 8.31. The van der Waals surface area contributed by atoms with Crippen LogP contribution in [0, 0.1) is 5.82 Å². The summed E-state index contributed by atoms with van der Waals surface area (Å²) in [7, 11) is 0. The molecule has 0 atom stereocenters. The molecule has 0 aliphatic carbocycles. The van der Waals surface area contributed by atoms with Crippen LogP contribution < -0.4 is 10.2 Å². The number of carbonyl (C=O) groups excluding carboxylic acids is 3. The van der Waals surface area contributed by atoms with E-state index in [1.165, 1.54) is 6.07 Å². The number of anilines is 2. The topological polar surface area (TPSA) is 95.2 Å². The lowest BCUT2D eigenvalue weighted by molar-refractivity contribution is -0.121. The van der Waals surface area contributed by atoms with Gasteiger partial charge >= 0.3 is 0 Å². The Morgan fingerprint density at radius 1 is 1.00 bits per heavy atom. The van der Waals surface area contributed by atoms with E-state index in [9.17, 15) is 18.8 Å². The van der Waals surface area contributed by atoms with E-state index >= 15 is 0 Å². The predicted octanol–water partition coefficient (Wildman–Crippen LogP) is 4.20. The Labute approximate surface area is 188 Å². The quantitative estimate of drug-likeness (QED) is 0.453. The first-order chi connectivity index (χ1) is 16.0. The molecule has 2 N–H and O–H groups in total. The van der Waals surface area contributed by atoms with Gasteiger partial charge in [-0.05, 0) is 54.1 Å². The van der Waals surface area contributed by atoms with E-state index in [0.29, 0.717) is 40.3 Å². The highest BCUT2D eigenvalue weighted by molar-refractivity contribution is 6.20. The molecule has 3 amide bonds. The molecule has 2 heterocycles. The molecular weight excluding hydrogens is 423 g/mol. The van der Waals surface area contributed by atoms with Gasteiger partial charge in [0.2, 0.25) is 11.8 Å². The molecule has 1 fully saturated rings. The van der Waals surface area contributed by atoms with Crippen molar-refractivity contribution in [3.8, 4) is 0 Å². The maximum atomic E-state index is 13.9. The van der Waals surface area contributed by atoms with Gasteiger partial charge in [-0.15, -0.1) is 0 Å². The zero-order valence-electron chi connectivity index (χ0n) is 17.5. The van der Waals surface area contributed by atoms with Gasteiger partial charge in [0.25, 0.3) is 5.91 Å². The van der Waals surface area contributed by atoms with Crippen LogP contribution >= 0.6 is 0 Å². The molecule has 33 heavy (non-hydrogen) atoms. The Hall–Kier alpha value is -4.33. The van der Waals surface area contributed by atoms with Crippen molar-refractivity contribution < 1.29 is 18.8 Å². The van der Waals surface area contributed by atoms with Gasteiger partial charge in [0, 0.05) is 30.5 Å². The van der Waals surface area contributed by atoms with Crippen molar-refractivity contribution in [1.29, 1.82) is 0 Å². The first-order valence-electron chi connectivity index (χ1n) is 10.5. The molecule has 1 saturated heterocycles. The second-order valence-electron chi connectivity index (χ2n) is 7.81. The van der Waals surface area contributed by atoms with Crippen LogP contribution in [-0.4, -0.2) is 27.7 Å². The number of halogens is 1. The second-order valence-corrected chi connectivity index (χ2v) is 7.81. The van der Waals surface area contributed by atoms with E-state index in [0.717, 1.165) is 10.4 Å². The van der Waals surface area contributed by atoms with Gasteiger partial charge in [0.15, 0.2) is 0 Å². The van der Waals surface area contributed by atoms with Crippen LogP contribution in [0.1, 0.15) is 34.6 Å². The molecule has 164 valence electrons. The van der Waals surface area contributed by atoms with Gasteiger partial charge in [-0.1, -0.05) is 18.2 Å². The summed E-state index contributed by atoms with van der Waals surface area (Å²) in [6.07, 6.45) is 0.746. The third-order valence-corrected chi connectivity index (χ3v) is 5.54. The van der Waals surface area contributed by atoms with Crippen molar-refractivity contribution in [2.24, 2.45) is 0 Å². The lowest BCUT2D eigenvalue weighted by atomic mass is 10.1. The average Bonchev–Trinajstić information content (AvgIpc) is 3.37. The highest BCUT2D eigenvalue weighted by atomic mass is 19.1. The lowest BCUT2D eigenvalue weighted by Crippen LogP contribution is -2.28. The summed E-state index contributed by atoms with van der Waals surface area (Å²) in [6, 6.07) is 18.2. The fourth-order valence-electron chi connectivity index (χ4n) is 3.88. The highest BCUT2D eigenvalue weighted by Crippen LogP contribution is 2.24. The van der Waals surface area contributed by atoms with Gasteiger partial charge < -0.3 is 10.3 Å². The Kier molecular flexibility index (Phi) is 5.18. The molecule has 4 aromatic rings. The molecule has 1 aromatic heterocycles. The molecule has 0 saturated carbocycles. The molecule has 3 aromatic carbocycles. The molecule has 0 radical (unpaired) electrons. The molecule has 7 nitrogen and oxygen atoms in total. The van der Waals surface area contributed by atoms with Gasteiger partial charge in [0.05, 0.1) is 16.7 Å². The molecule has 0 spiro atoms. The number of imidazole rings is 1. The standard InChI is InChI=1S/C25H19FN4O3/c26-19-4-2-1-3-16(19)13-22-28-20-10-7-17(14-21(20)29-22)27-25(33)15-5-8-18(9-6-15)30-23(31)11-12-24(30)32/h1-10,14H,11-13H2,(H,27,33)(H,28,29). The number of benzene rings is 3. The summed E-state index contributed by atoms with van der Waals surface area (Å²) >= 11 is 0. The van der Waals surface area contributed by atoms with Crippen molar-refractivity contribution in [3.63, 3.8) is 0 Å². The van der Waals surface area contributed by atoms with Crippen molar-refractivity contribution in [1.82, 2.24) is 9.97 Å². The Balaban J connectivity index is 1.30. The monoisotopic (exact) mass is 442 g/mol.